The third-order valence-corrected chi connectivity index (χ3v) is 5.90. The van der Waals surface area contributed by atoms with E-state index in [1.54, 1.807) is 0 Å². The fraction of sp³-hybridized carbons (Fsp3) is 1.00. The zero-order chi connectivity index (χ0) is 11.7. The quantitative estimate of drug-likeness (QED) is 0.712. The van der Waals surface area contributed by atoms with Gasteiger partial charge < -0.3 is 5.11 Å². The Labute approximate surface area is 102 Å². The van der Waals surface area contributed by atoms with Crippen LogP contribution in [-0.2, 0) is 9.78 Å². The minimum atomic E-state index is -0.463. The summed E-state index contributed by atoms with van der Waals surface area (Å²) in [6.45, 7) is 2.05. The minimum absolute atomic E-state index is 0.0507. The molecule has 1 spiro atoms. The average Bonchev–Trinajstić information content (AvgIpc) is 2.66. The fourth-order valence-electron chi connectivity index (χ4n) is 5.31. The molecule has 1 heterocycles. The molecule has 0 aromatic rings. The Morgan fingerprint density at radius 2 is 1.59 bits per heavy atom. The molecule has 1 N–H and O–H groups in total. The predicted octanol–water partition coefficient (Wildman–Crippen LogP) is 2.28. The molecule has 5 aliphatic rings. The highest BCUT2D eigenvalue weighted by Gasteiger charge is 2.64. The Morgan fingerprint density at radius 3 is 2.06 bits per heavy atom. The first-order chi connectivity index (χ1) is 8.13. The van der Waals surface area contributed by atoms with Crippen molar-refractivity contribution < 1.29 is 14.9 Å². The number of aliphatic hydroxyl groups excluding tert-OH is 1. The summed E-state index contributed by atoms with van der Waals surface area (Å²) in [6.07, 6.45) is 7.68. The van der Waals surface area contributed by atoms with Crippen molar-refractivity contribution in [2.24, 2.45) is 23.7 Å². The molecule has 1 unspecified atom stereocenters. The van der Waals surface area contributed by atoms with Crippen molar-refractivity contribution in [3.05, 3.63) is 0 Å². The van der Waals surface area contributed by atoms with Gasteiger partial charge in [-0.1, -0.05) is 0 Å². The maximum absolute atomic E-state index is 9.46. The van der Waals surface area contributed by atoms with E-state index in [-0.39, 0.29) is 12.2 Å². The Hall–Kier alpha value is -0.120. The average molecular weight is 238 g/mol. The Bertz CT molecular complexity index is 312. The number of aliphatic hydroxyl groups is 1. The van der Waals surface area contributed by atoms with E-state index < -0.39 is 5.60 Å². The van der Waals surface area contributed by atoms with Gasteiger partial charge in [0.2, 0.25) is 0 Å². The second-order valence-electron chi connectivity index (χ2n) is 7.21. The molecule has 1 atom stereocenters. The van der Waals surface area contributed by atoms with E-state index in [1.807, 2.05) is 6.92 Å². The Kier molecular flexibility index (Phi) is 2.06. The molecule has 4 aliphatic carbocycles. The van der Waals surface area contributed by atoms with E-state index in [0.717, 1.165) is 18.3 Å². The summed E-state index contributed by atoms with van der Waals surface area (Å²) in [7, 11) is 0. The van der Waals surface area contributed by atoms with Gasteiger partial charge in [-0.05, 0) is 62.7 Å². The van der Waals surface area contributed by atoms with Crippen LogP contribution < -0.4 is 0 Å². The van der Waals surface area contributed by atoms with Crippen LogP contribution in [0.3, 0.4) is 0 Å². The molecule has 0 amide bonds. The molecule has 5 rings (SSSR count). The highest BCUT2D eigenvalue weighted by molar-refractivity contribution is 5.11. The van der Waals surface area contributed by atoms with Gasteiger partial charge in [0.05, 0.1) is 6.61 Å². The summed E-state index contributed by atoms with van der Waals surface area (Å²) in [4.78, 5) is 11.4. The molecule has 5 fully saturated rings. The molecule has 3 heteroatoms. The second-order valence-corrected chi connectivity index (χ2v) is 7.21. The van der Waals surface area contributed by atoms with Gasteiger partial charge >= 0.3 is 0 Å². The summed E-state index contributed by atoms with van der Waals surface area (Å²) < 4.78 is 0. The predicted molar refractivity (Wildman–Crippen MR) is 62.1 cm³/mol. The number of hydrogen-bond acceptors (Lipinski definition) is 3. The van der Waals surface area contributed by atoms with Crippen LogP contribution in [0.4, 0.5) is 0 Å². The number of rotatable bonds is 1. The Morgan fingerprint density at radius 1 is 1.00 bits per heavy atom. The zero-order valence-corrected chi connectivity index (χ0v) is 10.5. The van der Waals surface area contributed by atoms with E-state index in [0.29, 0.717) is 11.8 Å². The minimum Gasteiger partial charge on any atom is -0.393 e. The molecule has 1 aliphatic heterocycles. The lowest BCUT2D eigenvalue weighted by Gasteiger charge is -2.58. The maximum Gasteiger partial charge on any atom is 0.127 e. The largest absolute Gasteiger partial charge is 0.393 e. The fourth-order valence-corrected chi connectivity index (χ4v) is 5.31. The van der Waals surface area contributed by atoms with Crippen molar-refractivity contribution in [1.29, 1.82) is 0 Å². The van der Waals surface area contributed by atoms with Crippen LogP contribution in [0.15, 0.2) is 0 Å². The van der Waals surface area contributed by atoms with Gasteiger partial charge in [0.1, 0.15) is 11.2 Å². The molecule has 96 valence electrons. The SMILES string of the molecule is CC1(CO)CC2(OO1)C1CC3CC(C1)CC2C3. The third kappa shape index (κ3) is 1.33. The monoisotopic (exact) mass is 238 g/mol. The van der Waals surface area contributed by atoms with Crippen LogP contribution in [0.1, 0.15) is 45.4 Å². The van der Waals surface area contributed by atoms with E-state index in [2.05, 4.69) is 0 Å². The van der Waals surface area contributed by atoms with Crippen molar-refractivity contribution in [2.45, 2.75) is 56.7 Å². The van der Waals surface area contributed by atoms with E-state index in [1.165, 1.54) is 32.1 Å². The van der Waals surface area contributed by atoms with Gasteiger partial charge in [0, 0.05) is 6.42 Å². The van der Waals surface area contributed by atoms with Crippen molar-refractivity contribution in [1.82, 2.24) is 0 Å². The summed E-state index contributed by atoms with van der Waals surface area (Å²) in [5.41, 5.74) is -0.514. The van der Waals surface area contributed by atoms with Gasteiger partial charge in [-0.15, -0.1) is 0 Å². The van der Waals surface area contributed by atoms with Crippen LogP contribution >= 0.6 is 0 Å². The summed E-state index contributed by atoms with van der Waals surface area (Å²) in [5, 5.41) is 9.46. The molecular formula is C14H22O3. The summed E-state index contributed by atoms with van der Waals surface area (Å²) in [5.74, 6) is 3.28. The van der Waals surface area contributed by atoms with E-state index in [9.17, 15) is 5.11 Å². The normalized spacial score (nSPS) is 60.4. The van der Waals surface area contributed by atoms with Crippen molar-refractivity contribution in [3.8, 4) is 0 Å². The van der Waals surface area contributed by atoms with Gasteiger partial charge in [-0.2, -0.15) is 0 Å². The van der Waals surface area contributed by atoms with Gasteiger partial charge in [-0.25, -0.2) is 9.78 Å². The van der Waals surface area contributed by atoms with Crippen molar-refractivity contribution in [3.63, 3.8) is 0 Å². The molecule has 17 heavy (non-hydrogen) atoms. The smallest absolute Gasteiger partial charge is 0.127 e. The van der Waals surface area contributed by atoms with Gasteiger partial charge in [0.25, 0.3) is 0 Å². The number of hydrogen-bond donors (Lipinski definition) is 1. The first-order valence-corrected chi connectivity index (χ1v) is 7.11. The van der Waals surface area contributed by atoms with Crippen LogP contribution in [0.5, 0.6) is 0 Å². The molecule has 4 saturated carbocycles. The first-order valence-electron chi connectivity index (χ1n) is 7.11. The standard InChI is InChI=1S/C14H22O3/c1-13(8-15)7-14(17-16-13)11-3-9-2-10(5-11)6-12(14)4-9/h9-12,15H,2-8H2,1H3. The molecular weight excluding hydrogens is 216 g/mol. The van der Waals surface area contributed by atoms with Gasteiger partial charge in [-0.3, -0.25) is 0 Å². The summed E-state index contributed by atoms with van der Waals surface area (Å²) >= 11 is 0. The second kappa shape index (κ2) is 3.25. The highest BCUT2D eigenvalue weighted by atomic mass is 17.2. The lowest BCUT2D eigenvalue weighted by molar-refractivity contribution is -0.382. The zero-order valence-electron chi connectivity index (χ0n) is 10.5. The van der Waals surface area contributed by atoms with E-state index in [4.69, 9.17) is 9.78 Å². The lowest BCUT2D eigenvalue weighted by atomic mass is 9.48. The maximum atomic E-state index is 9.46. The summed E-state index contributed by atoms with van der Waals surface area (Å²) in [6, 6.07) is 0. The first kappa shape index (κ1) is 10.8. The third-order valence-electron chi connectivity index (χ3n) is 5.90. The molecule has 0 aromatic heterocycles. The van der Waals surface area contributed by atoms with Gasteiger partial charge in [0.15, 0.2) is 0 Å². The topological polar surface area (TPSA) is 38.7 Å². The van der Waals surface area contributed by atoms with Crippen molar-refractivity contribution in [2.75, 3.05) is 6.61 Å². The molecule has 4 bridgehead atoms. The molecule has 1 saturated heterocycles. The molecule has 0 aromatic carbocycles. The van der Waals surface area contributed by atoms with Crippen LogP contribution in [0.25, 0.3) is 0 Å². The van der Waals surface area contributed by atoms with Crippen LogP contribution in [0, 0.1) is 23.7 Å². The lowest BCUT2D eigenvalue weighted by Crippen LogP contribution is -2.57. The van der Waals surface area contributed by atoms with Crippen molar-refractivity contribution >= 4 is 0 Å². The van der Waals surface area contributed by atoms with Crippen LogP contribution in [-0.4, -0.2) is 22.9 Å². The molecule has 3 nitrogen and oxygen atoms in total. The highest BCUT2D eigenvalue weighted by Crippen LogP contribution is 2.63. The molecule has 0 radical (unpaired) electrons. The Balaban J connectivity index is 1.66. The van der Waals surface area contributed by atoms with E-state index >= 15 is 0 Å². The van der Waals surface area contributed by atoms with Crippen LogP contribution in [0.2, 0.25) is 0 Å².